The second-order valence-electron chi connectivity index (χ2n) is 4.35. The molecule has 0 spiro atoms. The van der Waals surface area contributed by atoms with Crippen LogP contribution in [0.3, 0.4) is 0 Å². The highest BCUT2D eigenvalue weighted by atomic mass is 35.5. The lowest BCUT2D eigenvalue weighted by Crippen LogP contribution is -2.19. The smallest absolute Gasteiger partial charge is 0.121 e. The second-order valence-corrected chi connectivity index (χ2v) is 4.78. The van der Waals surface area contributed by atoms with Crippen LogP contribution in [0.1, 0.15) is 17.2 Å². The second kappa shape index (κ2) is 6.95. The average molecular weight is 287 g/mol. The van der Waals surface area contributed by atoms with Crippen LogP contribution in [-0.2, 0) is 6.54 Å². The normalized spacial score (nSPS) is 11.7. The van der Waals surface area contributed by atoms with Crippen LogP contribution >= 0.6 is 11.6 Å². The zero-order valence-corrected chi connectivity index (χ0v) is 11.9. The quantitative estimate of drug-likeness (QED) is 0.911. The van der Waals surface area contributed by atoms with Gasteiger partial charge >= 0.3 is 0 Å². The maximum atomic E-state index is 9.29. The minimum Gasteiger partial charge on any atom is -0.497 e. The monoisotopic (exact) mass is 286 g/mol. The average Bonchev–Trinajstić information content (AvgIpc) is 2.50. The largest absolute Gasteiger partial charge is 0.497 e. The van der Waals surface area contributed by atoms with E-state index >= 15 is 0 Å². The predicted molar refractivity (Wildman–Crippen MR) is 79.6 cm³/mol. The number of nitrogens with zero attached hydrogens (tertiary/aromatic N) is 1. The maximum Gasteiger partial charge on any atom is 0.121 e. The fourth-order valence-electron chi connectivity index (χ4n) is 1.88. The van der Waals surface area contributed by atoms with E-state index < -0.39 is 0 Å². The van der Waals surface area contributed by atoms with Crippen LogP contribution in [0.15, 0.2) is 48.5 Å². The first kappa shape index (κ1) is 14.4. The summed E-state index contributed by atoms with van der Waals surface area (Å²) in [5.74, 6) is 0.746. The van der Waals surface area contributed by atoms with Gasteiger partial charge in [-0.1, -0.05) is 35.9 Å². The summed E-state index contributed by atoms with van der Waals surface area (Å²) < 4.78 is 5.17. The van der Waals surface area contributed by atoms with Crippen molar-refractivity contribution in [1.29, 1.82) is 5.26 Å². The molecule has 1 N–H and O–H groups in total. The van der Waals surface area contributed by atoms with Crippen LogP contribution in [0.4, 0.5) is 0 Å². The van der Waals surface area contributed by atoms with Gasteiger partial charge in [-0.2, -0.15) is 5.26 Å². The Kier molecular flexibility index (Phi) is 5.00. The highest BCUT2D eigenvalue weighted by Gasteiger charge is 2.10. The number of ether oxygens (including phenoxy) is 1. The van der Waals surface area contributed by atoms with Gasteiger partial charge in [0.05, 0.1) is 13.2 Å². The van der Waals surface area contributed by atoms with Gasteiger partial charge in [-0.3, -0.25) is 5.32 Å². The summed E-state index contributed by atoms with van der Waals surface area (Å²) >= 11 is 5.84. The van der Waals surface area contributed by atoms with E-state index in [2.05, 4.69) is 11.4 Å². The zero-order valence-electron chi connectivity index (χ0n) is 11.1. The van der Waals surface area contributed by atoms with Gasteiger partial charge in [0.2, 0.25) is 0 Å². The van der Waals surface area contributed by atoms with Gasteiger partial charge in [-0.15, -0.1) is 0 Å². The highest BCUT2D eigenvalue weighted by molar-refractivity contribution is 6.30. The molecule has 1 unspecified atom stereocenters. The van der Waals surface area contributed by atoms with Gasteiger partial charge in [0, 0.05) is 11.6 Å². The molecule has 0 aliphatic rings. The van der Waals surface area contributed by atoms with Crippen molar-refractivity contribution < 1.29 is 4.74 Å². The van der Waals surface area contributed by atoms with Gasteiger partial charge in [-0.25, -0.2) is 0 Å². The number of benzene rings is 2. The van der Waals surface area contributed by atoms with Crippen molar-refractivity contribution in [2.24, 2.45) is 0 Å². The Balaban J connectivity index is 2.05. The van der Waals surface area contributed by atoms with Crippen molar-refractivity contribution in [2.75, 3.05) is 7.11 Å². The van der Waals surface area contributed by atoms with E-state index in [0.717, 1.165) is 16.9 Å². The van der Waals surface area contributed by atoms with Crippen LogP contribution in [0.2, 0.25) is 5.02 Å². The van der Waals surface area contributed by atoms with Crippen LogP contribution in [-0.4, -0.2) is 7.11 Å². The summed E-state index contributed by atoms with van der Waals surface area (Å²) in [6, 6.07) is 16.9. The molecule has 4 heteroatoms. The number of rotatable bonds is 5. The van der Waals surface area contributed by atoms with Crippen molar-refractivity contribution in [3.05, 3.63) is 64.7 Å². The lowest BCUT2D eigenvalue weighted by atomic mass is 10.1. The van der Waals surface area contributed by atoms with Gasteiger partial charge in [0.25, 0.3) is 0 Å². The molecule has 0 aromatic heterocycles. The molecular weight excluding hydrogens is 272 g/mol. The molecule has 3 nitrogen and oxygen atoms in total. The van der Waals surface area contributed by atoms with Crippen LogP contribution in [0.5, 0.6) is 5.75 Å². The molecule has 0 fully saturated rings. The van der Waals surface area contributed by atoms with E-state index in [1.807, 2.05) is 48.5 Å². The first-order chi connectivity index (χ1) is 9.72. The van der Waals surface area contributed by atoms with E-state index in [0.29, 0.717) is 11.6 Å². The number of hydrogen-bond acceptors (Lipinski definition) is 3. The molecule has 2 aromatic rings. The molecule has 20 heavy (non-hydrogen) atoms. The van der Waals surface area contributed by atoms with E-state index in [1.165, 1.54) is 0 Å². The fraction of sp³-hybridized carbons (Fsp3) is 0.188. The van der Waals surface area contributed by atoms with Crippen molar-refractivity contribution in [3.63, 3.8) is 0 Å². The predicted octanol–water partition coefficient (Wildman–Crippen LogP) is 3.70. The Morgan fingerprint density at radius 3 is 2.65 bits per heavy atom. The lowest BCUT2D eigenvalue weighted by molar-refractivity contribution is 0.413. The van der Waals surface area contributed by atoms with E-state index in [9.17, 15) is 5.26 Å². The first-order valence-electron chi connectivity index (χ1n) is 6.24. The molecule has 0 aliphatic carbocycles. The molecule has 0 radical (unpaired) electrons. The minimum absolute atomic E-state index is 0.374. The van der Waals surface area contributed by atoms with Crippen molar-refractivity contribution >= 4 is 11.6 Å². The standard InChI is InChI=1S/C16H15ClN2O/c1-20-15-4-2-3-13(9-15)16(10-18)19-11-12-5-7-14(17)8-6-12/h2-9,16,19H,11H2,1H3. The maximum absolute atomic E-state index is 9.29. The van der Waals surface area contributed by atoms with Crippen molar-refractivity contribution in [1.82, 2.24) is 5.32 Å². The molecule has 1 atom stereocenters. The third-order valence-corrected chi connectivity index (χ3v) is 3.23. The van der Waals surface area contributed by atoms with Crippen LogP contribution in [0, 0.1) is 11.3 Å². The molecule has 102 valence electrons. The Labute approximate surface area is 123 Å². The number of hydrogen-bond donors (Lipinski definition) is 1. The SMILES string of the molecule is COc1cccc(C(C#N)NCc2ccc(Cl)cc2)c1. The van der Waals surface area contributed by atoms with Gasteiger partial charge < -0.3 is 4.74 Å². The molecule has 0 saturated carbocycles. The zero-order chi connectivity index (χ0) is 14.4. The molecule has 2 rings (SSSR count). The van der Waals surface area contributed by atoms with E-state index in [-0.39, 0.29) is 6.04 Å². The topological polar surface area (TPSA) is 45.0 Å². The Bertz CT molecular complexity index is 605. The number of methoxy groups -OCH3 is 1. The lowest BCUT2D eigenvalue weighted by Gasteiger charge is -2.13. The Morgan fingerprint density at radius 1 is 1.25 bits per heavy atom. The van der Waals surface area contributed by atoms with Gasteiger partial charge in [0.15, 0.2) is 0 Å². The van der Waals surface area contributed by atoms with E-state index in [4.69, 9.17) is 16.3 Å². The summed E-state index contributed by atoms with van der Waals surface area (Å²) in [6.07, 6.45) is 0. The highest BCUT2D eigenvalue weighted by Crippen LogP contribution is 2.19. The summed E-state index contributed by atoms with van der Waals surface area (Å²) in [5.41, 5.74) is 1.97. The van der Waals surface area contributed by atoms with Gasteiger partial charge in [-0.05, 0) is 35.4 Å². The molecule has 0 amide bonds. The molecular formula is C16H15ClN2O. The Hall–Kier alpha value is -2.02. The van der Waals surface area contributed by atoms with E-state index in [1.54, 1.807) is 7.11 Å². The third-order valence-electron chi connectivity index (χ3n) is 2.98. The van der Waals surface area contributed by atoms with Gasteiger partial charge in [0.1, 0.15) is 11.8 Å². The third kappa shape index (κ3) is 3.74. The molecule has 2 aromatic carbocycles. The minimum atomic E-state index is -0.374. The summed E-state index contributed by atoms with van der Waals surface area (Å²) in [7, 11) is 1.61. The molecule has 0 aliphatic heterocycles. The number of nitriles is 1. The summed E-state index contributed by atoms with van der Waals surface area (Å²) in [6.45, 7) is 0.604. The van der Waals surface area contributed by atoms with Crippen LogP contribution < -0.4 is 10.1 Å². The van der Waals surface area contributed by atoms with Crippen molar-refractivity contribution in [2.45, 2.75) is 12.6 Å². The number of halogens is 1. The fourth-order valence-corrected chi connectivity index (χ4v) is 2.01. The molecule has 0 saturated heterocycles. The molecule has 0 bridgehead atoms. The Morgan fingerprint density at radius 2 is 2.00 bits per heavy atom. The number of nitrogens with one attached hydrogen (secondary N) is 1. The van der Waals surface area contributed by atoms with Crippen LogP contribution in [0.25, 0.3) is 0 Å². The molecule has 0 heterocycles. The first-order valence-corrected chi connectivity index (χ1v) is 6.62. The van der Waals surface area contributed by atoms with Crippen molar-refractivity contribution in [3.8, 4) is 11.8 Å². The summed E-state index contributed by atoms with van der Waals surface area (Å²) in [5, 5.41) is 13.2. The summed E-state index contributed by atoms with van der Waals surface area (Å²) in [4.78, 5) is 0.